The molecular formula is C20H24N2O3. The summed E-state index contributed by atoms with van der Waals surface area (Å²) in [6.07, 6.45) is 0.247. The SMILES string of the molecule is COc1ccc(CC(=O)N(C)CC(=O)Nc2c(C)cccc2C)cc1. The van der Waals surface area contributed by atoms with Gasteiger partial charge >= 0.3 is 0 Å². The van der Waals surface area contributed by atoms with E-state index in [-0.39, 0.29) is 24.8 Å². The summed E-state index contributed by atoms with van der Waals surface area (Å²) < 4.78 is 5.10. The molecule has 2 rings (SSSR count). The largest absolute Gasteiger partial charge is 0.497 e. The van der Waals surface area contributed by atoms with Crippen LogP contribution in [-0.4, -0.2) is 37.4 Å². The van der Waals surface area contributed by atoms with Crippen molar-refractivity contribution >= 4 is 17.5 Å². The number of carbonyl (C=O) groups excluding carboxylic acids is 2. The summed E-state index contributed by atoms with van der Waals surface area (Å²) in [5.41, 5.74) is 3.69. The van der Waals surface area contributed by atoms with Crippen LogP contribution in [0.3, 0.4) is 0 Å². The molecule has 2 aromatic carbocycles. The van der Waals surface area contributed by atoms with Gasteiger partial charge in [-0.15, -0.1) is 0 Å². The molecule has 132 valence electrons. The quantitative estimate of drug-likeness (QED) is 0.879. The summed E-state index contributed by atoms with van der Waals surface area (Å²) in [7, 11) is 3.23. The number of nitrogens with one attached hydrogen (secondary N) is 1. The van der Waals surface area contributed by atoms with Gasteiger partial charge in [0.25, 0.3) is 0 Å². The molecule has 0 spiro atoms. The molecule has 0 unspecified atom stereocenters. The van der Waals surface area contributed by atoms with Gasteiger partial charge in [-0.25, -0.2) is 0 Å². The van der Waals surface area contributed by atoms with E-state index in [1.807, 2.05) is 56.3 Å². The van der Waals surface area contributed by atoms with Crippen molar-refractivity contribution in [3.8, 4) is 5.75 Å². The first-order valence-corrected chi connectivity index (χ1v) is 8.13. The summed E-state index contributed by atoms with van der Waals surface area (Å²) in [5, 5.41) is 2.89. The predicted molar refractivity (Wildman–Crippen MR) is 98.9 cm³/mol. The van der Waals surface area contributed by atoms with Crippen LogP contribution in [0.5, 0.6) is 5.75 Å². The van der Waals surface area contributed by atoms with E-state index in [1.165, 1.54) is 4.90 Å². The highest BCUT2D eigenvalue weighted by Gasteiger charge is 2.15. The fraction of sp³-hybridized carbons (Fsp3) is 0.300. The second kappa shape index (κ2) is 8.33. The maximum absolute atomic E-state index is 12.3. The van der Waals surface area contributed by atoms with Crippen molar-refractivity contribution in [1.29, 1.82) is 0 Å². The van der Waals surface area contributed by atoms with Crippen LogP contribution >= 0.6 is 0 Å². The average molecular weight is 340 g/mol. The number of benzene rings is 2. The molecule has 5 heteroatoms. The zero-order valence-electron chi connectivity index (χ0n) is 15.1. The van der Waals surface area contributed by atoms with Gasteiger partial charge in [0.1, 0.15) is 5.75 Å². The first-order chi connectivity index (χ1) is 11.9. The average Bonchev–Trinajstić information content (AvgIpc) is 2.59. The smallest absolute Gasteiger partial charge is 0.243 e. The fourth-order valence-electron chi connectivity index (χ4n) is 2.55. The van der Waals surface area contributed by atoms with Crippen molar-refractivity contribution in [2.75, 3.05) is 26.0 Å². The number of anilines is 1. The molecule has 0 saturated carbocycles. The minimum atomic E-state index is -0.206. The van der Waals surface area contributed by atoms with Gasteiger partial charge in [0.2, 0.25) is 11.8 Å². The van der Waals surface area contributed by atoms with E-state index in [1.54, 1.807) is 14.2 Å². The molecule has 0 aliphatic heterocycles. The monoisotopic (exact) mass is 340 g/mol. The van der Waals surface area contributed by atoms with Gasteiger partial charge in [-0.3, -0.25) is 9.59 Å². The van der Waals surface area contributed by atoms with Crippen LogP contribution < -0.4 is 10.1 Å². The van der Waals surface area contributed by atoms with Crippen molar-refractivity contribution in [2.45, 2.75) is 20.3 Å². The van der Waals surface area contributed by atoms with Crippen molar-refractivity contribution in [3.05, 3.63) is 59.2 Å². The topological polar surface area (TPSA) is 58.6 Å². The standard InChI is InChI=1S/C20H24N2O3/c1-14-6-5-7-15(2)20(14)21-18(23)13-22(3)19(24)12-16-8-10-17(25-4)11-9-16/h5-11H,12-13H2,1-4H3,(H,21,23). The minimum Gasteiger partial charge on any atom is -0.497 e. The number of aryl methyl sites for hydroxylation is 2. The Labute approximate surface area is 148 Å². The third kappa shape index (κ3) is 5.08. The summed E-state index contributed by atoms with van der Waals surface area (Å²) in [5.74, 6) is 0.433. The highest BCUT2D eigenvalue weighted by molar-refractivity contribution is 5.95. The summed E-state index contributed by atoms with van der Waals surface area (Å²) in [6.45, 7) is 3.91. The predicted octanol–water partition coefficient (Wildman–Crippen LogP) is 2.95. The zero-order valence-corrected chi connectivity index (χ0v) is 15.1. The number of methoxy groups -OCH3 is 1. The lowest BCUT2D eigenvalue weighted by molar-refractivity contribution is -0.132. The number of amides is 2. The van der Waals surface area contributed by atoms with Gasteiger partial charge in [-0.2, -0.15) is 0 Å². The van der Waals surface area contributed by atoms with Crippen LogP contribution in [-0.2, 0) is 16.0 Å². The first-order valence-electron chi connectivity index (χ1n) is 8.13. The number of para-hydroxylation sites is 1. The Kier molecular flexibility index (Phi) is 6.17. The number of nitrogens with zero attached hydrogens (tertiary/aromatic N) is 1. The van der Waals surface area contributed by atoms with Crippen molar-refractivity contribution in [2.24, 2.45) is 0 Å². The summed E-state index contributed by atoms with van der Waals surface area (Å²) in [6, 6.07) is 13.2. The van der Waals surface area contributed by atoms with E-state index >= 15 is 0 Å². The van der Waals surface area contributed by atoms with Gasteiger partial charge in [-0.05, 0) is 42.7 Å². The van der Waals surface area contributed by atoms with Gasteiger partial charge in [0, 0.05) is 12.7 Å². The molecule has 0 aromatic heterocycles. The normalized spacial score (nSPS) is 10.2. The van der Waals surface area contributed by atoms with Crippen LogP contribution in [0.1, 0.15) is 16.7 Å². The van der Waals surface area contributed by atoms with E-state index in [2.05, 4.69) is 5.32 Å². The Morgan fingerprint density at radius 3 is 2.20 bits per heavy atom. The summed E-state index contributed by atoms with van der Waals surface area (Å²) >= 11 is 0. The van der Waals surface area contributed by atoms with Crippen LogP contribution in [0.4, 0.5) is 5.69 Å². The molecule has 0 aliphatic rings. The Hall–Kier alpha value is -2.82. The van der Waals surface area contributed by atoms with Crippen LogP contribution in [0.15, 0.2) is 42.5 Å². The van der Waals surface area contributed by atoms with Gasteiger partial charge in [-0.1, -0.05) is 30.3 Å². The lowest BCUT2D eigenvalue weighted by Crippen LogP contribution is -2.36. The Morgan fingerprint density at radius 1 is 1.04 bits per heavy atom. The molecule has 0 bridgehead atoms. The number of hydrogen-bond donors (Lipinski definition) is 1. The number of ether oxygens (including phenoxy) is 1. The lowest BCUT2D eigenvalue weighted by atomic mass is 10.1. The second-order valence-electron chi connectivity index (χ2n) is 6.09. The maximum Gasteiger partial charge on any atom is 0.243 e. The first kappa shape index (κ1) is 18.5. The number of likely N-dealkylation sites (N-methyl/N-ethyl adjacent to an activating group) is 1. The fourth-order valence-corrected chi connectivity index (χ4v) is 2.55. The van der Waals surface area contributed by atoms with Gasteiger partial charge in [0.15, 0.2) is 0 Å². The van der Waals surface area contributed by atoms with Crippen molar-refractivity contribution in [1.82, 2.24) is 4.90 Å². The molecule has 2 aromatic rings. The highest BCUT2D eigenvalue weighted by Crippen LogP contribution is 2.19. The number of hydrogen-bond acceptors (Lipinski definition) is 3. The Bertz CT molecular complexity index is 734. The molecule has 0 aliphatic carbocycles. The summed E-state index contributed by atoms with van der Waals surface area (Å²) in [4.78, 5) is 26.0. The van der Waals surface area contributed by atoms with E-state index in [0.29, 0.717) is 0 Å². The number of carbonyl (C=O) groups is 2. The van der Waals surface area contributed by atoms with Crippen LogP contribution in [0.25, 0.3) is 0 Å². The maximum atomic E-state index is 12.3. The molecule has 0 fully saturated rings. The molecule has 0 radical (unpaired) electrons. The molecule has 0 heterocycles. The Morgan fingerprint density at radius 2 is 1.64 bits per heavy atom. The number of rotatable bonds is 6. The van der Waals surface area contributed by atoms with E-state index in [4.69, 9.17) is 4.74 Å². The molecular weight excluding hydrogens is 316 g/mol. The molecule has 0 saturated heterocycles. The van der Waals surface area contributed by atoms with Crippen molar-refractivity contribution < 1.29 is 14.3 Å². The van der Waals surface area contributed by atoms with E-state index in [0.717, 1.165) is 28.1 Å². The third-order valence-electron chi connectivity index (χ3n) is 4.07. The van der Waals surface area contributed by atoms with Crippen LogP contribution in [0, 0.1) is 13.8 Å². The van der Waals surface area contributed by atoms with E-state index in [9.17, 15) is 9.59 Å². The van der Waals surface area contributed by atoms with Gasteiger partial charge in [0.05, 0.1) is 20.1 Å². The molecule has 25 heavy (non-hydrogen) atoms. The van der Waals surface area contributed by atoms with Gasteiger partial charge < -0.3 is 15.0 Å². The van der Waals surface area contributed by atoms with E-state index < -0.39 is 0 Å². The molecule has 0 atom stereocenters. The minimum absolute atomic E-state index is 0.0166. The Balaban J connectivity index is 1.92. The molecule has 2 amide bonds. The van der Waals surface area contributed by atoms with Crippen LogP contribution in [0.2, 0.25) is 0 Å². The second-order valence-corrected chi connectivity index (χ2v) is 6.09. The highest BCUT2D eigenvalue weighted by atomic mass is 16.5. The third-order valence-corrected chi connectivity index (χ3v) is 4.07. The zero-order chi connectivity index (χ0) is 18.4. The molecule has 5 nitrogen and oxygen atoms in total. The molecule has 1 N–H and O–H groups in total. The van der Waals surface area contributed by atoms with Crippen molar-refractivity contribution in [3.63, 3.8) is 0 Å². The lowest BCUT2D eigenvalue weighted by Gasteiger charge is -2.18.